The van der Waals surface area contributed by atoms with Crippen LogP contribution in [0.2, 0.25) is 5.02 Å². The van der Waals surface area contributed by atoms with E-state index in [1.54, 1.807) is 12.1 Å². The molecule has 0 unspecified atom stereocenters. The lowest BCUT2D eigenvalue weighted by Gasteiger charge is -2.38. The van der Waals surface area contributed by atoms with Gasteiger partial charge in [0.25, 0.3) is 0 Å². The van der Waals surface area contributed by atoms with E-state index in [2.05, 4.69) is 34.1 Å². The summed E-state index contributed by atoms with van der Waals surface area (Å²) in [7, 11) is 0. The highest BCUT2D eigenvalue weighted by Gasteiger charge is 2.30. The average Bonchev–Trinajstić information content (AvgIpc) is 2.82. The summed E-state index contributed by atoms with van der Waals surface area (Å²) in [5.74, 6) is 0.125. The van der Waals surface area contributed by atoms with E-state index in [1.807, 2.05) is 23.1 Å². The third kappa shape index (κ3) is 6.18. The van der Waals surface area contributed by atoms with Gasteiger partial charge in [0.2, 0.25) is 5.91 Å². The maximum atomic E-state index is 14.1. The van der Waals surface area contributed by atoms with Crippen LogP contribution >= 0.6 is 11.6 Å². The molecule has 0 atom stereocenters. The van der Waals surface area contributed by atoms with Gasteiger partial charge in [0.1, 0.15) is 5.82 Å². The van der Waals surface area contributed by atoms with Gasteiger partial charge in [-0.25, -0.2) is 4.39 Å². The molecule has 0 radical (unpaired) electrons. The van der Waals surface area contributed by atoms with Gasteiger partial charge in [-0.1, -0.05) is 60.2 Å². The van der Waals surface area contributed by atoms with Crippen molar-refractivity contribution in [1.29, 1.82) is 0 Å². The largest absolute Gasteiger partial charge is 0.340 e. The molecule has 2 fully saturated rings. The van der Waals surface area contributed by atoms with Crippen LogP contribution in [0.15, 0.2) is 54.6 Å². The third-order valence-electron chi connectivity index (χ3n) is 6.50. The fraction of sp³-hybridized carbons (Fsp3) is 0.423. The van der Waals surface area contributed by atoms with Gasteiger partial charge >= 0.3 is 0 Å². The quantitative estimate of drug-likeness (QED) is 0.639. The van der Waals surface area contributed by atoms with Gasteiger partial charge in [-0.15, -0.1) is 0 Å². The lowest BCUT2D eigenvalue weighted by molar-refractivity contribution is -0.138. The van der Waals surface area contributed by atoms with Gasteiger partial charge in [-0.3, -0.25) is 14.6 Å². The topological polar surface area (TPSA) is 26.8 Å². The molecular weight excluding hydrogens is 425 g/mol. The monoisotopic (exact) mass is 455 g/mol. The smallest absolute Gasteiger partial charge is 0.225 e. The number of piperidine rings is 1. The molecule has 0 saturated carbocycles. The molecule has 2 heterocycles. The van der Waals surface area contributed by atoms with Crippen molar-refractivity contribution in [3.05, 3.63) is 76.6 Å². The molecule has 0 aromatic heterocycles. The zero-order valence-electron chi connectivity index (χ0n) is 18.4. The Balaban J connectivity index is 1.18. The molecule has 2 aromatic rings. The number of carbonyl (C=O) groups is 1. The summed E-state index contributed by atoms with van der Waals surface area (Å²) in [6.45, 7) is 6.56. The van der Waals surface area contributed by atoms with Gasteiger partial charge in [-0.05, 0) is 43.6 Å². The Morgan fingerprint density at radius 1 is 0.969 bits per heavy atom. The molecule has 2 saturated heterocycles. The number of piperazine rings is 1. The van der Waals surface area contributed by atoms with Crippen LogP contribution in [0.4, 0.5) is 4.39 Å². The molecule has 0 aliphatic carbocycles. The minimum Gasteiger partial charge on any atom is -0.340 e. The summed E-state index contributed by atoms with van der Waals surface area (Å²) in [5, 5.41) is 0.419. The van der Waals surface area contributed by atoms with Crippen LogP contribution in [0, 0.1) is 11.7 Å². The molecule has 0 spiro atoms. The van der Waals surface area contributed by atoms with Gasteiger partial charge in [0.15, 0.2) is 0 Å². The molecule has 1 amide bonds. The Bertz CT molecular complexity index is 920. The lowest BCUT2D eigenvalue weighted by atomic mass is 9.94. The number of benzene rings is 2. The first kappa shape index (κ1) is 23.0. The van der Waals surface area contributed by atoms with Gasteiger partial charge in [0.05, 0.1) is 0 Å². The normalized spacial score (nSPS) is 19.0. The van der Waals surface area contributed by atoms with Crippen LogP contribution in [-0.2, 0) is 11.3 Å². The highest BCUT2D eigenvalue weighted by Crippen LogP contribution is 2.23. The van der Waals surface area contributed by atoms with E-state index >= 15 is 0 Å². The molecular formula is C26H31ClFN3O. The number of carbonyl (C=O) groups excluding carboxylic acids is 1. The number of likely N-dealkylation sites (tertiary alicyclic amines) is 1. The number of nitrogens with zero attached hydrogens (tertiary/aromatic N) is 3. The Hall–Kier alpha value is -2.21. The molecule has 6 heteroatoms. The molecule has 170 valence electrons. The van der Waals surface area contributed by atoms with E-state index in [1.165, 1.54) is 11.6 Å². The number of hydrogen-bond donors (Lipinski definition) is 0. The maximum Gasteiger partial charge on any atom is 0.225 e. The SMILES string of the molecule is O=C(C1CCN(Cc2ccc(Cl)cc2F)CC1)N1CCN(C/C=C/c2ccccc2)CC1. The number of hydrogen-bond acceptors (Lipinski definition) is 3. The van der Waals surface area contributed by atoms with Crippen LogP contribution in [-0.4, -0.2) is 66.4 Å². The minimum absolute atomic E-state index is 0.0887. The highest BCUT2D eigenvalue weighted by molar-refractivity contribution is 6.30. The fourth-order valence-electron chi connectivity index (χ4n) is 4.54. The zero-order valence-corrected chi connectivity index (χ0v) is 19.2. The van der Waals surface area contributed by atoms with Crippen molar-refractivity contribution in [2.75, 3.05) is 45.8 Å². The summed E-state index contributed by atoms with van der Waals surface area (Å²) in [6, 6.07) is 15.2. The fourth-order valence-corrected chi connectivity index (χ4v) is 4.70. The van der Waals surface area contributed by atoms with E-state index in [4.69, 9.17) is 11.6 Å². The maximum absolute atomic E-state index is 14.1. The molecule has 0 bridgehead atoms. The second kappa shape index (κ2) is 11.1. The first-order valence-electron chi connectivity index (χ1n) is 11.5. The van der Waals surface area contributed by atoms with Crippen LogP contribution in [0.3, 0.4) is 0 Å². The third-order valence-corrected chi connectivity index (χ3v) is 6.74. The van der Waals surface area contributed by atoms with Crippen LogP contribution in [0.1, 0.15) is 24.0 Å². The van der Waals surface area contributed by atoms with E-state index in [-0.39, 0.29) is 11.7 Å². The van der Waals surface area contributed by atoms with E-state index in [0.29, 0.717) is 23.0 Å². The summed E-state index contributed by atoms with van der Waals surface area (Å²) >= 11 is 5.84. The Morgan fingerprint density at radius 2 is 1.69 bits per heavy atom. The number of rotatable bonds is 6. The minimum atomic E-state index is -0.257. The second-order valence-electron chi connectivity index (χ2n) is 8.73. The van der Waals surface area contributed by atoms with E-state index in [0.717, 1.165) is 58.7 Å². The van der Waals surface area contributed by atoms with Crippen molar-refractivity contribution in [3.8, 4) is 0 Å². The first-order valence-corrected chi connectivity index (χ1v) is 11.9. The van der Waals surface area contributed by atoms with E-state index in [9.17, 15) is 9.18 Å². The van der Waals surface area contributed by atoms with Crippen molar-refractivity contribution in [1.82, 2.24) is 14.7 Å². The molecule has 4 rings (SSSR count). The first-order chi connectivity index (χ1) is 15.6. The van der Waals surface area contributed by atoms with Gasteiger partial charge < -0.3 is 4.90 Å². The summed E-state index contributed by atoms with van der Waals surface area (Å²) in [6.07, 6.45) is 6.04. The van der Waals surface area contributed by atoms with Crippen LogP contribution in [0.5, 0.6) is 0 Å². The lowest BCUT2D eigenvalue weighted by Crippen LogP contribution is -2.51. The molecule has 0 N–H and O–H groups in total. The molecule has 32 heavy (non-hydrogen) atoms. The molecule has 2 aliphatic heterocycles. The van der Waals surface area contributed by atoms with Crippen molar-refractivity contribution in [2.45, 2.75) is 19.4 Å². The average molecular weight is 456 g/mol. The molecule has 2 aromatic carbocycles. The summed E-state index contributed by atoms with van der Waals surface area (Å²) in [4.78, 5) is 19.7. The van der Waals surface area contributed by atoms with Gasteiger partial charge in [0, 0.05) is 55.8 Å². The predicted octanol–water partition coefficient (Wildman–Crippen LogP) is 4.55. The highest BCUT2D eigenvalue weighted by atomic mass is 35.5. The van der Waals surface area contributed by atoms with Crippen molar-refractivity contribution >= 4 is 23.6 Å². The Labute approximate surface area is 195 Å². The van der Waals surface area contributed by atoms with Crippen molar-refractivity contribution in [3.63, 3.8) is 0 Å². The van der Waals surface area contributed by atoms with Crippen molar-refractivity contribution < 1.29 is 9.18 Å². The van der Waals surface area contributed by atoms with E-state index < -0.39 is 0 Å². The molecule has 4 nitrogen and oxygen atoms in total. The van der Waals surface area contributed by atoms with Crippen LogP contribution in [0.25, 0.3) is 6.08 Å². The molecule has 2 aliphatic rings. The Morgan fingerprint density at radius 3 is 2.38 bits per heavy atom. The zero-order chi connectivity index (χ0) is 22.3. The number of halogens is 2. The van der Waals surface area contributed by atoms with Gasteiger partial charge in [-0.2, -0.15) is 0 Å². The number of amides is 1. The predicted molar refractivity (Wildman–Crippen MR) is 128 cm³/mol. The Kier molecular flexibility index (Phi) is 7.95. The summed E-state index contributed by atoms with van der Waals surface area (Å²) in [5.41, 5.74) is 1.88. The van der Waals surface area contributed by atoms with Crippen LogP contribution < -0.4 is 0 Å². The summed E-state index contributed by atoms with van der Waals surface area (Å²) < 4.78 is 14.1. The van der Waals surface area contributed by atoms with Crippen molar-refractivity contribution in [2.24, 2.45) is 5.92 Å². The second-order valence-corrected chi connectivity index (χ2v) is 9.16. The standard InChI is InChI=1S/C26H31ClFN3O/c27-24-9-8-23(25(28)19-24)20-30-13-10-22(11-14-30)26(32)31-17-15-29(16-18-31)12-4-7-21-5-2-1-3-6-21/h1-9,19,22H,10-18,20H2/b7-4+.